The molecule has 3 aromatic rings. The summed E-state index contributed by atoms with van der Waals surface area (Å²) in [5.41, 5.74) is 3.31. The van der Waals surface area contributed by atoms with E-state index in [9.17, 15) is 4.79 Å². The normalized spacial score (nSPS) is 12.1. The molecule has 1 atom stereocenters. The average Bonchev–Trinajstić information content (AvgIpc) is 3.16. The highest BCUT2D eigenvalue weighted by Crippen LogP contribution is 2.23. The molecule has 2 N–H and O–H groups in total. The van der Waals surface area contributed by atoms with Crippen LogP contribution in [0.4, 0.5) is 0 Å². The number of aryl methyl sites for hydroxylation is 1. The predicted molar refractivity (Wildman–Crippen MR) is 114 cm³/mol. The fourth-order valence-corrected chi connectivity index (χ4v) is 3.56. The highest BCUT2D eigenvalue weighted by molar-refractivity contribution is 7.99. The van der Waals surface area contributed by atoms with Gasteiger partial charge in [0.25, 0.3) is 0 Å². The third-order valence-electron chi connectivity index (χ3n) is 4.37. The Bertz CT molecular complexity index is 890. The van der Waals surface area contributed by atoms with Crippen molar-refractivity contribution in [1.82, 2.24) is 20.5 Å². The lowest BCUT2D eigenvalue weighted by molar-refractivity contribution is -0.119. The van der Waals surface area contributed by atoms with Crippen molar-refractivity contribution in [3.05, 3.63) is 65.7 Å². The number of nitrogens with one attached hydrogen (secondary N) is 2. The van der Waals surface area contributed by atoms with Gasteiger partial charge in [0, 0.05) is 5.56 Å². The molecule has 0 unspecified atom stereocenters. The number of benzene rings is 2. The molecule has 2 aromatic carbocycles. The van der Waals surface area contributed by atoms with Crippen molar-refractivity contribution < 1.29 is 4.79 Å². The third-order valence-corrected chi connectivity index (χ3v) is 5.21. The molecule has 28 heavy (non-hydrogen) atoms. The quantitative estimate of drug-likeness (QED) is 0.540. The van der Waals surface area contributed by atoms with Gasteiger partial charge in [-0.15, -0.1) is 5.10 Å². The van der Waals surface area contributed by atoms with Crippen LogP contribution in [0.5, 0.6) is 0 Å². The van der Waals surface area contributed by atoms with Crippen LogP contribution < -0.4 is 5.32 Å². The molecule has 6 heteroatoms. The van der Waals surface area contributed by atoms with E-state index in [2.05, 4.69) is 46.5 Å². The summed E-state index contributed by atoms with van der Waals surface area (Å²) in [6, 6.07) is 18.2. The van der Waals surface area contributed by atoms with Crippen LogP contribution >= 0.6 is 11.8 Å². The number of hydrogen-bond acceptors (Lipinski definition) is 4. The zero-order valence-corrected chi connectivity index (χ0v) is 17.3. The summed E-state index contributed by atoms with van der Waals surface area (Å²) in [6.45, 7) is 6.38. The number of carbonyl (C=O) groups excluding carboxylic acids is 1. The van der Waals surface area contributed by atoms with Gasteiger partial charge in [-0.05, 0) is 24.8 Å². The van der Waals surface area contributed by atoms with Crippen LogP contribution in [-0.4, -0.2) is 26.8 Å². The summed E-state index contributed by atoms with van der Waals surface area (Å²) in [7, 11) is 0. The first-order valence-electron chi connectivity index (χ1n) is 9.48. The van der Waals surface area contributed by atoms with Gasteiger partial charge in [-0.25, -0.2) is 4.98 Å². The average molecular weight is 395 g/mol. The van der Waals surface area contributed by atoms with Crippen LogP contribution in [0.15, 0.2) is 59.8 Å². The van der Waals surface area contributed by atoms with Crippen molar-refractivity contribution in [2.75, 3.05) is 5.75 Å². The molecule has 0 bridgehead atoms. The lowest BCUT2D eigenvalue weighted by Crippen LogP contribution is -2.30. The van der Waals surface area contributed by atoms with Gasteiger partial charge in [-0.3, -0.25) is 9.89 Å². The van der Waals surface area contributed by atoms with Crippen LogP contribution in [0.1, 0.15) is 37.4 Å². The first-order chi connectivity index (χ1) is 13.5. The topological polar surface area (TPSA) is 70.7 Å². The summed E-state index contributed by atoms with van der Waals surface area (Å²) in [4.78, 5) is 17.0. The van der Waals surface area contributed by atoms with Crippen LogP contribution in [0.25, 0.3) is 11.4 Å². The Morgan fingerprint density at radius 2 is 1.82 bits per heavy atom. The van der Waals surface area contributed by atoms with Gasteiger partial charge in [-0.1, -0.05) is 85.8 Å². The first kappa shape index (κ1) is 20.1. The number of hydrogen-bond donors (Lipinski definition) is 2. The molecule has 0 aliphatic heterocycles. The Kier molecular flexibility index (Phi) is 6.87. The van der Waals surface area contributed by atoms with E-state index in [1.54, 1.807) is 0 Å². The number of carbonyl (C=O) groups is 1. The summed E-state index contributed by atoms with van der Waals surface area (Å²) in [5, 5.41) is 10.9. The predicted octanol–water partition coefficient (Wildman–Crippen LogP) is 4.78. The lowest BCUT2D eigenvalue weighted by Gasteiger charge is -2.21. The van der Waals surface area contributed by atoms with Crippen molar-refractivity contribution in [3.8, 4) is 11.4 Å². The van der Waals surface area contributed by atoms with Gasteiger partial charge in [0.1, 0.15) is 0 Å². The van der Waals surface area contributed by atoms with Crippen molar-refractivity contribution in [1.29, 1.82) is 0 Å². The summed E-state index contributed by atoms with van der Waals surface area (Å²) in [5.74, 6) is 1.47. The maximum absolute atomic E-state index is 12.5. The fourth-order valence-electron chi connectivity index (χ4n) is 2.95. The summed E-state index contributed by atoms with van der Waals surface area (Å²) in [6.07, 6.45) is 0.901. The molecular weight excluding hydrogens is 368 g/mol. The molecule has 0 aliphatic rings. The largest absolute Gasteiger partial charge is 0.349 e. The van der Waals surface area contributed by atoms with Gasteiger partial charge in [0.05, 0.1) is 11.8 Å². The SMILES string of the molecule is Cc1ccc(-c2nc(SCC(=O)N[C@H](CC(C)C)c3ccccc3)n[nH]2)cc1. The van der Waals surface area contributed by atoms with E-state index in [0.717, 1.165) is 17.5 Å². The number of aromatic amines is 1. The Balaban J connectivity index is 1.58. The smallest absolute Gasteiger partial charge is 0.230 e. The van der Waals surface area contributed by atoms with Crippen LogP contribution in [0.3, 0.4) is 0 Å². The van der Waals surface area contributed by atoms with Crippen molar-refractivity contribution >= 4 is 17.7 Å². The van der Waals surface area contributed by atoms with Crippen molar-refractivity contribution in [3.63, 3.8) is 0 Å². The minimum Gasteiger partial charge on any atom is -0.349 e. The molecule has 5 nitrogen and oxygen atoms in total. The minimum atomic E-state index is -0.0128. The number of rotatable bonds is 8. The van der Waals surface area contributed by atoms with E-state index in [0.29, 0.717) is 16.9 Å². The van der Waals surface area contributed by atoms with Crippen LogP contribution in [0, 0.1) is 12.8 Å². The number of aromatic nitrogens is 3. The van der Waals surface area contributed by atoms with Crippen molar-refractivity contribution in [2.24, 2.45) is 5.92 Å². The van der Waals surface area contributed by atoms with Crippen molar-refractivity contribution in [2.45, 2.75) is 38.4 Å². The summed E-state index contributed by atoms with van der Waals surface area (Å²) < 4.78 is 0. The molecule has 1 heterocycles. The number of thioether (sulfide) groups is 1. The number of nitrogens with zero attached hydrogens (tertiary/aromatic N) is 2. The molecule has 0 spiro atoms. The fraction of sp³-hybridized carbons (Fsp3) is 0.318. The van der Waals surface area contributed by atoms with E-state index in [4.69, 9.17) is 0 Å². The monoisotopic (exact) mass is 394 g/mol. The molecular formula is C22H26N4OS. The molecule has 0 radical (unpaired) electrons. The van der Waals surface area contributed by atoms with E-state index in [1.165, 1.54) is 17.3 Å². The second kappa shape index (κ2) is 9.55. The second-order valence-corrected chi connectivity index (χ2v) is 8.22. The van der Waals surface area contributed by atoms with Crippen LogP contribution in [-0.2, 0) is 4.79 Å². The Morgan fingerprint density at radius 3 is 2.50 bits per heavy atom. The Morgan fingerprint density at radius 1 is 1.11 bits per heavy atom. The maximum Gasteiger partial charge on any atom is 0.230 e. The molecule has 1 amide bonds. The molecule has 146 valence electrons. The van der Waals surface area contributed by atoms with E-state index < -0.39 is 0 Å². The molecule has 0 saturated heterocycles. The maximum atomic E-state index is 12.5. The second-order valence-electron chi connectivity index (χ2n) is 7.28. The molecule has 0 aliphatic carbocycles. The van der Waals surface area contributed by atoms with Gasteiger partial charge < -0.3 is 5.32 Å². The van der Waals surface area contributed by atoms with E-state index in [1.807, 2.05) is 49.4 Å². The van der Waals surface area contributed by atoms with Gasteiger partial charge in [-0.2, -0.15) is 0 Å². The van der Waals surface area contributed by atoms with E-state index >= 15 is 0 Å². The molecule has 0 fully saturated rings. The number of H-pyrrole nitrogens is 1. The molecule has 0 saturated carbocycles. The lowest BCUT2D eigenvalue weighted by atomic mass is 9.97. The zero-order valence-electron chi connectivity index (χ0n) is 16.5. The standard InChI is InChI=1S/C22H26N4OS/c1-15(2)13-19(17-7-5-4-6-8-17)23-20(27)14-28-22-24-21(25-26-22)18-11-9-16(3)10-12-18/h4-12,15,19H,13-14H2,1-3H3,(H,23,27)(H,24,25,26)/t19-/m1/s1. The minimum absolute atomic E-state index is 0.0128. The van der Waals surface area contributed by atoms with Gasteiger partial charge in [0.2, 0.25) is 11.1 Å². The van der Waals surface area contributed by atoms with Gasteiger partial charge >= 0.3 is 0 Å². The summed E-state index contributed by atoms with van der Waals surface area (Å²) >= 11 is 1.34. The zero-order chi connectivity index (χ0) is 19.9. The van der Waals surface area contributed by atoms with Crippen LogP contribution in [0.2, 0.25) is 0 Å². The highest BCUT2D eigenvalue weighted by Gasteiger charge is 2.17. The van der Waals surface area contributed by atoms with Gasteiger partial charge in [0.15, 0.2) is 5.82 Å². The number of amides is 1. The highest BCUT2D eigenvalue weighted by atomic mass is 32.2. The molecule has 1 aromatic heterocycles. The Labute approximate surface area is 170 Å². The molecule has 3 rings (SSSR count). The Hall–Kier alpha value is -2.60. The third kappa shape index (κ3) is 5.70. The van der Waals surface area contributed by atoms with E-state index in [-0.39, 0.29) is 17.7 Å². The first-order valence-corrected chi connectivity index (χ1v) is 10.5.